The molecule has 5 heteroatoms. The van der Waals surface area contributed by atoms with Crippen LogP contribution < -0.4 is 10.5 Å². The zero-order chi connectivity index (χ0) is 11.5. The van der Waals surface area contributed by atoms with Crippen LogP contribution in [0.2, 0.25) is 0 Å². The van der Waals surface area contributed by atoms with Crippen molar-refractivity contribution < 1.29 is 9.13 Å². The number of halogens is 1. The first kappa shape index (κ1) is 10.4. The Morgan fingerprint density at radius 2 is 1.94 bits per heavy atom. The SMILES string of the molecule is Cc1cc(N)cc(F)c1Oc1ncccn1. The van der Waals surface area contributed by atoms with Crippen LogP contribution >= 0.6 is 0 Å². The smallest absolute Gasteiger partial charge is 0.321 e. The summed E-state index contributed by atoms with van der Waals surface area (Å²) in [4.78, 5) is 7.69. The molecule has 0 radical (unpaired) electrons. The Morgan fingerprint density at radius 1 is 1.25 bits per heavy atom. The second kappa shape index (κ2) is 4.14. The van der Waals surface area contributed by atoms with Crippen LogP contribution in [0.1, 0.15) is 5.56 Å². The molecule has 2 aromatic rings. The normalized spacial score (nSPS) is 10.1. The van der Waals surface area contributed by atoms with Crippen molar-refractivity contribution in [1.29, 1.82) is 0 Å². The molecule has 0 fully saturated rings. The van der Waals surface area contributed by atoms with E-state index in [0.717, 1.165) is 0 Å². The van der Waals surface area contributed by atoms with Gasteiger partial charge in [-0.2, -0.15) is 0 Å². The van der Waals surface area contributed by atoms with E-state index in [-0.39, 0.29) is 11.8 Å². The Hall–Kier alpha value is -2.17. The molecule has 0 unspecified atom stereocenters. The lowest BCUT2D eigenvalue weighted by Gasteiger charge is -2.08. The molecule has 0 bridgehead atoms. The van der Waals surface area contributed by atoms with Crippen LogP contribution in [0.5, 0.6) is 11.8 Å². The number of benzene rings is 1. The van der Waals surface area contributed by atoms with Gasteiger partial charge in [-0.15, -0.1) is 0 Å². The summed E-state index contributed by atoms with van der Waals surface area (Å²) in [6.07, 6.45) is 3.04. The van der Waals surface area contributed by atoms with E-state index >= 15 is 0 Å². The van der Waals surface area contributed by atoms with Crippen LogP contribution in [0, 0.1) is 12.7 Å². The quantitative estimate of drug-likeness (QED) is 0.787. The third kappa shape index (κ3) is 2.08. The molecular formula is C11H10FN3O. The summed E-state index contributed by atoms with van der Waals surface area (Å²) in [5.41, 5.74) is 6.45. The Labute approximate surface area is 91.9 Å². The lowest BCUT2D eigenvalue weighted by atomic mass is 10.2. The predicted molar refractivity (Wildman–Crippen MR) is 57.7 cm³/mol. The third-order valence-electron chi connectivity index (χ3n) is 1.99. The van der Waals surface area contributed by atoms with Crippen molar-refractivity contribution in [3.8, 4) is 11.8 Å². The average molecular weight is 219 g/mol. The monoisotopic (exact) mass is 219 g/mol. The summed E-state index contributed by atoms with van der Waals surface area (Å²) in [5.74, 6) is -0.426. The molecule has 82 valence electrons. The molecule has 1 aromatic heterocycles. The van der Waals surface area contributed by atoms with Gasteiger partial charge in [-0.1, -0.05) is 0 Å². The van der Waals surface area contributed by atoms with Crippen LogP contribution in [0.25, 0.3) is 0 Å². The van der Waals surface area contributed by atoms with Crippen LogP contribution in [0.15, 0.2) is 30.6 Å². The molecule has 0 atom stereocenters. The Morgan fingerprint density at radius 3 is 2.56 bits per heavy atom. The van der Waals surface area contributed by atoms with Crippen molar-refractivity contribution in [2.75, 3.05) is 5.73 Å². The summed E-state index contributed by atoms with van der Waals surface area (Å²) in [5, 5.41) is 0. The van der Waals surface area contributed by atoms with Gasteiger partial charge in [-0.05, 0) is 24.6 Å². The molecule has 0 saturated heterocycles. The van der Waals surface area contributed by atoms with Crippen LogP contribution in [0.3, 0.4) is 0 Å². The highest BCUT2D eigenvalue weighted by Crippen LogP contribution is 2.27. The van der Waals surface area contributed by atoms with E-state index in [4.69, 9.17) is 10.5 Å². The summed E-state index contributed by atoms with van der Waals surface area (Å²) in [7, 11) is 0. The minimum Gasteiger partial charge on any atom is -0.421 e. The number of anilines is 1. The van der Waals surface area contributed by atoms with Crippen LogP contribution in [-0.2, 0) is 0 Å². The molecule has 0 spiro atoms. The number of hydrogen-bond donors (Lipinski definition) is 1. The summed E-state index contributed by atoms with van der Waals surface area (Å²) < 4.78 is 18.8. The predicted octanol–water partition coefficient (Wildman–Crippen LogP) is 2.30. The molecule has 16 heavy (non-hydrogen) atoms. The third-order valence-corrected chi connectivity index (χ3v) is 1.99. The second-order valence-electron chi connectivity index (χ2n) is 3.28. The average Bonchev–Trinajstić information content (AvgIpc) is 2.25. The fourth-order valence-electron chi connectivity index (χ4n) is 1.32. The van der Waals surface area contributed by atoms with Crippen molar-refractivity contribution in [3.63, 3.8) is 0 Å². The first-order valence-corrected chi connectivity index (χ1v) is 4.67. The Kier molecular flexibility index (Phi) is 2.68. The largest absolute Gasteiger partial charge is 0.421 e. The maximum Gasteiger partial charge on any atom is 0.321 e. The molecule has 0 saturated carbocycles. The van der Waals surface area contributed by atoms with E-state index in [9.17, 15) is 4.39 Å². The molecule has 1 heterocycles. The molecular weight excluding hydrogens is 209 g/mol. The van der Waals surface area contributed by atoms with Crippen molar-refractivity contribution in [2.45, 2.75) is 6.92 Å². The zero-order valence-corrected chi connectivity index (χ0v) is 8.64. The van der Waals surface area contributed by atoms with Crippen LogP contribution in [0.4, 0.5) is 10.1 Å². The molecule has 1 aromatic carbocycles. The van der Waals surface area contributed by atoms with E-state index in [0.29, 0.717) is 11.3 Å². The van der Waals surface area contributed by atoms with E-state index in [1.54, 1.807) is 19.1 Å². The van der Waals surface area contributed by atoms with Crippen molar-refractivity contribution in [2.24, 2.45) is 0 Å². The number of nitrogens with zero attached hydrogens (tertiary/aromatic N) is 2. The van der Waals surface area contributed by atoms with E-state index < -0.39 is 5.82 Å². The van der Waals surface area contributed by atoms with Gasteiger partial charge in [0.15, 0.2) is 11.6 Å². The highest BCUT2D eigenvalue weighted by atomic mass is 19.1. The van der Waals surface area contributed by atoms with E-state index in [1.165, 1.54) is 18.5 Å². The van der Waals surface area contributed by atoms with Gasteiger partial charge in [-0.3, -0.25) is 0 Å². The lowest BCUT2D eigenvalue weighted by molar-refractivity contribution is 0.408. The second-order valence-corrected chi connectivity index (χ2v) is 3.28. The number of hydrogen-bond acceptors (Lipinski definition) is 4. The number of aromatic nitrogens is 2. The molecule has 0 aliphatic carbocycles. The number of ether oxygens (including phenoxy) is 1. The summed E-state index contributed by atoms with van der Waals surface area (Å²) in [6, 6.07) is 4.58. The number of aryl methyl sites for hydroxylation is 1. The summed E-state index contributed by atoms with van der Waals surface area (Å²) >= 11 is 0. The highest BCUT2D eigenvalue weighted by Gasteiger charge is 2.10. The van der Waals surface area contributed by atoms with Crippen molar-refractivity contribution in [1.82, 2.24) is 9.97 Å². The Balaban J connectivity index is 2.35. The van der Waals surface area contributed by atoms with Gasteiger partial charge in [0.05, 0.1) is 0 Å². The van der Waals surface area contributed by atoms with Gasteiger partial charge in [0.1, 0.15) is 0 Å². The fraction of sp³-hybridized carbons (Fsp3) is 0.0909. The highest BCUT2D eigenvalue weighted by molar-refractivity contribution is 5.48. The topological polar surface area (TPSA) is 61.0 Å². The van der Waals surface area contributed by atoms with Gasteiger partial charge < -0.3 is 10.5 Å². The number of rotatable bonds is 2. The lowest BCUT2D eigenvalue weighted by Crippen LogP contribution is -1.97. The maximum atomic E-state index is 13.5. The first-order valence-electron chi connectivity index (χ1n) is 4.67. The van der Waals surface area contributed by atoms with Crippen molar-refractivity contribution in [3.05, 3.63) is 42.0 Å². The molecule has 0 aliphatic heterocycles. The number of nitrogen functional groups attached to an aromatic ring is 1. The minimum absolute atomic E-state index is 0.0976. The summed E-state index contributed by atoms with van der Waals surface area (Å²) in [6.45, 7) is 1.71. The van der Waals surface area contributed by atoms with Crippen LogP contribution in [-0.4, -0.2) is 9.97 Å². The molecule has 4 nitrogen and oxygen atoms in total. The molecule has 0 amide bonds. The standard InChI is InChI=1S/C11H10FN3O/c1-7-5-8(13)6-9(12)10(7)16-11-14-3-2-4-15-11/h2-6H,13H2,1H3. The maximum absolute atomic E-state index is 13.5. The van der Waals surface area contributed by atoms with Gasteiger partial charge in [0.2, 0.25) is 0 Å². The molecule has 0 aliphatic rings. The minimum atomic E-state index is -0.523. The van der Waals surface area contributed by atoms with Gasteiger partial charge in [-0.25, -0.2) is 14.4 Å². The fourth-order valence-corrected chi connectivity index (χ4v) is 1.32. The van der Waals surface area contributed by atoms with Gasteiger partial charge >= 0.3 is 6.01 Å². The van der Waals surface area contributed by atoms with E-state index in [2.05, 4.69) is 9.97 Å². The van der Waals surface area contributed by atoms with Gasteiger partial charge in [0, 0.05) is 24.1 Å². The van der Waals surface area contributed by atoms with Gasteiger partial charge in [0.25, 0.3) is 0 Å². The Bertz CT molecular complexity index is 479. The van der Waals surface area contributed by atoms with E-state index in [1.807, 2.05) is 0 Å². The number of nitrogens with two attached hydrogens (primary N) is 1. The zero-order valence-electron chi connectivity index (χ0n) is 8.64. The molecule has 2 rings (SSSR count). The van der Waals surface area contributed by atoms with Crippen molar-refractivity contribution >= 4 is 5.69 Å². The molecule has 2 N–H and O–H groups in total. The first-order chi connectivity index (χ1) is 7.66.